The third-order valence-electron chi connectivity index (χ3n) is 4.42. The van der Waals surface area contributed by atoms with Crippen LogP contribution in [0.1, 0.15) is 30.4 Å². The minimum Gasteiger partial charge on any atom is -0.396 e. The summed E-state index contributed by atoms with van der Waals surface area (Å²) in [6.45, 7) is 3.63. The van der Waals surface area contributed by atoms with E-state index in [4.69, 9.17) is 5.11 Å². The van der Waals surface area contributed by atoms with Crippen molar-refractivity contribution in [3.63, 3.8) is 0 Å². The number of nitrogens with one attached hydrogen (secondary N) is 1. The van der Waals surface area contributed by atoms with Crippen LogP contribution in [0.5, 0.6) is 0 Å². The van der Waals surface area contributed by atoms with Crippen LogP contribution in [0.15, 0.2) is 24.3 Å². The van der Waals surface area contributed by atoms with Crippen LogP contribution >= 0.6 is 0 Å². The fourth-order valence-electron chi connectivity index (χ4n) is 2.75. The van der Waals surface area contributed by atoms with Crippen molar-refractivity contribution in [1.29, 1.82) is 0 Å². The predicted octanol–water partition coefficient (Wildman–Crippen LogP) is 1.27. The van der Waals surface area contributed by atoms with E-state index < -0.39 is 0 Å². The van der Waals surface area contributed by atoms with E-state index in [1.807, 2.05) is 31.2 Å². The molecule has 1 heterocycles. The van der Waals surface area contributed by atoms with Crippen LogP contribution < -0.4 is 5.32 Å². The average Bonchev–Trinajstić information content (AvgIpc) is 2.59. The number of hydrogen-bond acceptors (Lipinski definition) is 3. The molecular weight excluding hydrogens is 292 g/mol. The molecule has 0 atom stereocenters. The fraction of sp³-hybridized carbons (Fsp3) is 0.556. The van der Waals surface area contributed by atoms with E-state index in [1.54, 1.807) is 4.90 Å². The van der Waals surface area contributed by atoms with Gasteiger partial charge in [-0.2, -0.15) is 0 Å². The number of carbonyl (C=O) groups excluding carboxylic acids is 2. The molecule has 1 fully saturated rings. The molecule has 1 aromatic carbocycles. The summed E-state index contributed by atoms with van der Waals surface area (Å²) in [5, 5.41) is 11.8. The van der Waals surface area contributed by atoms with Gasteiger partial charge in [0.25, 0.3) is 0 Å². The zero-order valence-electron chi connectivity index (χ0n) is 13.8. The Morgan fingerprint density at radius 1 is 1.22 bits per heavy atom. The first-order chi connectivity index (χ1) is 11.1. The first kappa shape index (κ1) is 17.5. The SMILES string of the molecule is Cc1ccc(CCC(=O)NCC(=O)N2CCC(CO)CC2)cc1. The van der Waals surface area contributed by atoms with Crippen molar-refractivity contribution in [3.05, 3.63) is 35.4 Å². The van der Waals surface area contributed by atoms with Gasteiger partial charge in [0, 0.05) is 26.1 Å². The minimum absolute atomic E-state index is 0.0370. The highest BCUT2D eigenvalue weighted by molar-refractivity contribution is 5.84. The summed E-state index contributed by atoms with van der Waals surface area (Å²) >= 11 is 0. The summed E-state index contributed by atoms with van der Waals surface area (Å²) in [4.78, 5) is 25.7. The molecule has 5 nitrogen and oxygen atoms in total. The Morgan fingerprint density at radius 2 is 1.87 bits per heavy atom. The number of hydrogen-bond donors (Lipinski definition) is 2. The molecule has 0 unspecified atom stereocenters. The van der Waals surface area contributed by atoms with Gasteiger partial charge in [-0.1, -0.05) is 29.8 Å². The first-order valence-corrected chi connectivity index (χ1v) is 8.29. The van der Waals surface area contributed by atoms with Gasteiger partial charge in [0.15, 0.2) is 0 Å². The largest absolute Gasteiger partial charge is 0.396 e. The second-order valence-electron chi connectivity index (χ2n) is 6.27. The van der Waals surface area contributed by atoms with Crippen molar-refractivity contribution in [3.8, 4) is 0 Å². The topological polar surface area (TPSA) is 69.6 Å². The van der Waals surface area contributed by atoms with Gasteiger partial charge in [-0.25, -0.2) is 0 Å². The normalized spacial score (nSPS) is 15.5. The zero-order valence-corrected chi connectivity index (χ0v) is 13.8. The summed E-state index contributed by atoms with van der Waals surface area (Å²) in [6, 6.07) is 8.12. The standard InChI is InChI=1S/C18H26N2O3/c1-14-2-4-15(5-3-14)6-7-17(22)19-12-18(23)20-10-8-16(13-21)9-11-20/h2-5,16,21H,6-13H2,1H3,(H,19,22). The van der Waals surface area contributed by atoms with Gasteiger partial charge in [-0.05, 0) is 37.7 Å². The third-order valence-corrected chi connectivity index (χ3v) is 4.42. The Morgan fingerprint density at radius 3 is 2.48 bits per heavy atom. The quantitative estimate of drug-likeness (QED) is 0.830. The molecule has 0 saturated carbocycles. The van der Waals surface area contributed by atoms with E-state index in [0.717, 1.165) is 18.4 Å². The maximum atomic E-state index is 12.1. The fourth-order valence-corrected chi connectivity index (χ4v) is 2.75. The number of aliphatic hydroxyl groups excluding tert-OH is 1. The lowest BCUT2D eigenvalue weighted by Gasteiger charge is -2.31. The minimum atomic E-state index is -0.0934. The van der Waals surface area contributed by atoms with Crippen molar-refractivity contribution >= 4 is 11.8 Å². The van der Waals surface area contributed by atoms with Crippen molar-refractivity contribution in [2.75, 3.05) is 26.2 Å². The van der Waals surface area contributed by atoms with Crippen molar-refractivity contribution in [2.45, 2.75) is 32.6 Å². The van der Waals surface area contributed by atoms with Crippen LogP contribution in [0.2, 0.25) is 0 Å². The van der Waals surface area contributed by atoms with Gasteiger partial charge < -0.3 is 15.3 Å². The summed E-state index contributed by atoms with van der Waals surface area (Å²) < 4.78 is 0. The molecule has 2 amide bonds. The Balaban J connectivity index is 1.66. The Hall–Kier alpha value is -1.88. The average molecular weight is 318 g/mol. The molecule has 5 heteroatoms. The number of rotatable bonds is 6. The number of likely N-dealkylation sites (tertiary alicyclic amines) is 1. The number of amides is 2. The second-order valence-corrected chi connectivity index (χ2v) is 6.27. The molecular formula is C18H26N2O3. The lowest BCUT2D eigenvalue weighted by molar-refractivity contribution is -0.134. The molecule has 1 aromatic rings. The molecule has 0 aliphatic carbocycles. The summed E-state index contributed by atoms with van der Waals surface area (Å²) in [5.41, 5.74) is 2.33. The van der Waals surface area contributed by atoms with Crippen molar-refractivity contribution in [2.24, 2.45) is 5.92 Å². The molecule has 23 heavy (non-hydrogen) atoms. The summed E-state index contributed by atoms with van der Waals surface area (Å²) in [6.07, 6.45) is 2.75. The van der Waals surface area contributed by atoms with Crippen molar-refractivity contribution in [1.82, 2.24) is 10.2 Å². The van der Waals surface area contributed by atoms with Gasteiger partial charge in [0.05, 0.1) is 6.54 Å². The summed E-state index contributed by atoms with van der Waals surface area (Å²) in [5.74, 6) is 0.178. The summed E-state index contributed by atoms with van der Waals surface area (Å²) in [7, 11) is 0. The molecule has 0 radical (unpaired) electrons. The lowest BCUT2D eigenvalue weighted by atomic mass is 9.98. The molecule has 2 rings (SSSR count). The van der Waals surface area contributed by atoms with Gasteiger partial charge in [0.2, 0.25) is 11.8 Å². The van der Waals surface area contributed by atoms with Crippen LogP contribution in [0.4, 0.5) is 0 Å². The monoisotopic (exact) mass is 318 g/mol. The molecule has 0 aromatic heterocycles. The first-order valence-electron chi connectivity index (χ1n) is 8.29. The zero-order chi connectivity index (χ0) is 16.7. The van der Waals surface area contributed by atoms with Crippen LogP contribution in [0.3, 0.4) is 0 Å². The Bertz CT molecular complexity index is 520. The molecule has 126 valence electrons. The molecule has 2 N–H and O–H groups in total. The molecule has 1 saturated heterocycles. The highest BCUT2D eigenvalue weighted by Crippen LogP contribution is 2.16. The van der Waals surface area contributed by atoms with Crippen LogP contribution in [0.25, 0.3) is 0 Å². The van der Waals surface area contributed by atoms with E-state index in [1.165, 1.54) is 5.56 Å². The van der Waals surface area contributed by atoms with Gasteiger partial charge in [-0.15, -0.1) is 0 Å². The van der Waals surface area contributed by atoms with E-state index in [2.05, 4.69) is 5.32 Å². The number of piperidine rings is 1. The van der Waals surface area contributed by atoms with Crippen LogP contribution in [-0.2, 0) is 16.0 Å². The van der Waals surface area contributed by atoms with Gasteiger partial charge in [0.1, 0.15) is 0 Å². The number of nitrogens with zero attached hydrogens (tertiary/aromatic N) is 1. The van der Waals surface area contributed by atoms with E-state index in [-0.39, 0.29) is 25.0 Å². The third kappa shape index (κ3) is 5.67. The molecule has 1 aliphatic rings. The maximum absolute atomic E-state index is 12.1. The van der Waals surface area contributed by atoms with Crippen LogP contribution in [-0.4, -0.2) is 48.1 Å². The Labute approximate surface area is 137 Å². The van der Waals surface area contributed by atoms with Gasteiger partial charge >= 0.3 is 0 Å². The number of aliphatic hydroxyl groups is 1. The molecule has 1 aliphatic heterocycles. The van der Waals surface area contributed by atoms with Gasteiger partial charge in [-0.3, -0.25) is 9.59 Å². The van der Waals surface area contributed by atoms with E-state index in [9.17, 15) is 9.59 Å². The van der Waals surface area contributed by atoms with E-state index in [0.29, 0.717) is 31.8 Å². The van der Waals surface area contributed by atoms with Crippen molar-refractivity contribution < 1.29 is 14.7 Å². The van der Waals surface area contributed by atoms with Crippen LogP contribution in [0, 0.1) is 12.8 Å². The lowest BCUT2D eigenvalue weighted by Crippen LogP contribution is -2.44. The smallest absolute Gasteiger partial charge is 0.241 e. The predicted molar refractivity (Wildman–Crippen MR) is 88.9 cm³/mol. The van der Waals surface area contributed by atoms with E-state index >= 15 is 0 Å². The highest BCUT2D eigenvalue weighted by Gasteiger charge is 2.22. The number of aryl methyl sites for hydroxylation is 2. The molecule has 0 spiro atoms. The second kappa shape index (κ2) is 8.67. The maximum Gasteiger partial charge on any atom is 0.241 e. The number of carbonyl (C=O) groups is 2. The Kier molecular flexibility index (Phi) is 6.59. The number of benzene rings is 1. The molecule has 0 bridgehead atoms. The highest BCUT2D eigenvalue weighted by atomic mass is 16.3.